The van der Waals surface area contributed by atoms with Crippen molar-refractivity contribution in [3.8, 4) is 0 Å². The van der Waals surface area contributed by atoms with Gasteiger partial charge in [0.1, 0.15) is 5.60 Å². The Kier molecular flexibility index (Phi) is 4.74. The van der Waals surface area contributed by atoms with Gasteiger partial charge in [0.15, 0.2) is 0 Å². The molecule has 0 aliphatic heterocycles. The van der Waals surface area contributed by atoms with Crippen molar-refractivity contribution in [2.24, 2.45) is 5.92 Å². The lowest BCUT2D eigenvalue weighted by atomic mass is 9.71. The number of benzene rings is 1. The van der Waals surface area contributed by atoms with Gasteiger partial charge in [-0.3, -0.25) is 0 Å². The molecule has 1 nitrogen and oxygen atoms in total. The van der Waals surface area contributed by atoms with E-state index in [1.54, 1.807) is 0 Å². The summed E-state index contributed by atoms with van der Waals surface area (Å²) in [6.07, 6.45) is 6.94. The number of hydrogen-bond acceptors (Lipinski definition) is 2. The fourth-order valence-corrected chi connectivity index (χ4v) is 3.62. The van der Waals surface area contributed by atoms with Gasteiger partial charge in [0.25, 0.3) is 0 Å². The average molecular weight is 264 g/mol. The number of aliphatic hydroxyl groups is 1. The molecule has 1 aromatic carbocycles. The zero-order valence-corrected chi connectivity index (χ0v) is 12.1. The van der Waals surface area contributed by atoms with E-state index in [0.717, 1.165) is 24.8 Å². The fraction of sp³-hybridized carbons (Fsp3) is 0.625. The van der Waals surface area contributed by atoms with Crippen LogP contribution in [0, 0.1) is 5.92 Å². The second-order valence-electron chi connectivity index (χ2n) is 5.45. The van der Waals surface area contributed by atoms with Gasteiger partial charge in [0.2, 0.25) is 0 Å². The molecule has 2 unspecified atom stereocenters. The van der Waals surface area contributed by atoms with Crippen LogP contribution in [-0.4, -0.2) is 10.4 Å². The van der Waals surface area contributed by atoms with E-state index in [9.17, 15) is 5.11 Å². The highest BCUT2D eigenvalue weighted by Gasteiger charge is 2.43. The van der Waals surface area contributed by atoms with Crippen molar-refractivity contribution >= 4 is 12.6 Å². The van der Waals surface area contributed by atoms with Crippen molar-refractivity contribution in [3.05, 3.63) is 35.9 Å². The minimum atomic E-state index is -0.764. The van der Waals surface area contributed by atoms with Crippen LogP contribution in [0.4, 0.5) is 0 Å². The predicted octanol–water partition coefficient (Wildman–Crippen LogP) is 4.16. The Balaban J connectivity index is 2.33. The first kappa shape index (κ1) is 14.0. The molecular formula is C16H24OS. The monoisotopic (exact) mass is 264 g/mol. The van der Waals surface area contributed by atoms with Crippen molar-refractivity contribution in [3.63, 3.8) is 0 Å². The Hall–Kier alpha value is -0.470. The van der Waals surface area contributed by atoms with Crippen molar-refractivity contribution in [1.82, 2.24) is 0 Å². The second kappa shape index (κ2) is 6.12. The van der Waals surface area contributed by atoms with Gasteiger partial charge in [-0.2, -0.15) is 12.6 Å². The molecular weight excluding hydrogens is 240 g/mol. The first-order valence-electron chi connectivity index (χ1n) is 7.15. The molecule has 18 heavy (non-hydrogen) atoms. The third kappa shape index (κ3) is 2.60. The number of rotatable bonds is 4. The van der Waals surface area contributed by atoms with E-state index in [2.05, 4.69) is 19.6 Å². The van der Waals surface area contributed by atoms with E-state index in [-0.39, 0.29) is 5.25 Å². The molecule has 0 bridgehead atoms. The molecule has 1 N–H and O–H groups in total. The van der Waals surface area contributed by atoms with Crippen LogP contribution in [0.3, 0.4) is 0 Å². The van der Waals surface area contributed by atoms with E-state index >= 15 is 0 Å². The summed E-state index contributed by atoms with van der Waals surface area (Å²) in [6, 6.07) is 10.1. The highest BCUT2D eigenvalue weighted by molar-refractivity contribution is 7.81. The van der Waals surface area contributed by atoms with Crippen molar-refractivity contribution < 1.29 is 5.11 Å². The molecule has 1 aliphatic carbocycles. The predicted molar refractivity (Wildman–Crippen MR) is 80.0 cm³/mol. The summed E-state index contributed by atoms with van der Waals surface area (Å²) in [6.45, 7) is 2.11. The molecule has 100 valence electrons. The van der Waals surface area contributed by atoms with Crippen LogP contribution in [0.15, 0.2) is 30.3 Å². The van der Waals surface area contributed by atoms with Gasteiger partial charge in [-0.05, 0) is 30.7 Å². The van der Waals surface area contributed by atoms with Crippen molar-refractivity contribution in [1.29, 1.82) is 0 Å². The molecule has 0 saturated heterocycles. The van der Waals surface area contributed by atoms with Crippen LogP contribution < -0.4 is 0 Å². The van der Waals surface area contributed by atoms with Crippen LogP contribution in [0.2, 0.25) is 0 Å². The van der Waals surface area contributed by atoms with E-state index < -0.39 is 5.60 Å². The van der Waals surface area contributed by atoms with E-state index in [1.165, 1.54) is 19.3 Å². The Bertz CT molecular complexity index is 359. The maximum absolute atomic E-state index is 11.3. The SMILES string of the molecule is CCC(S)C(O)(c1ccccc1)C1CCCCC1. The molecule has 2 heteroatoms. The second-order valence-corrected chi connectivity index (χ2v) is 6.07. The minimum absolute atomic E-state index is 0.0167. The van der Waals surface area contributed by atoms with Gasteiger partial charge in [0.05, 0.1) is 0 Å². The molecule has 1 aromatic rings. The molecule has 2 rings (SSSR count). The molecule has 1 saturated carbocycles. The number of hydrogen-bond donors (Lipinski definition) is 2. The summed E-state index contributed by atoms with van der Waals surface area (Å²) >= 11 is 4.68. The maximum atomic E-state index is 11.3. The van der Waals surface area contributed by atoms with Gasteiger partial charge in [0, 0.05) is 5.25 Å². The summed E-state index contributed by atoms with van der Waals surface area (Å²) in [4.78, 5) is 0. The maximum Gasteiger partial charge on any atom is 0.104 e. The van der Waals surface area contributed by atoms with Crippen LogP contribution in [0.5, 0.6) is 0 Å². The van der Waals surface area contributed by atoms with Crippen LogP contribution >= 0.6 is 12.6 Å². The lowest BCUT2D eigenvalue weighted by molar-refractivity contribution is -0.0406. The summed E-state index contributed by atoms with van der Waals surface area (Å²) in [5, 5.41) is 11.3. The molecule has 0 spiro atoms. The molecule has 0 heterocycles. The Morgan fingerprint density at radius 1 is 1.22 bits per heavy atom. The highest BCUT2D eigenvalue weighted by atomic mass is 32.1. The molecule has 0 aromatic heterocycles. The molecule has 1 aliphatic rings. The third-order valence-corrected chi connectivity index (χ3v) is 5.12. The first-order valence-corrected chi connectivity index (χ1v) is 7.67. The van der Waals surface area contributed by atoms with Gasteiger partial charge < -0.3 is 5.11 Å². The standard InChI is InChI=1S/C16H24OS/c1-2-15(18)16(17,13-9-5-3-6-10-13)14-11-7-4-8-12-14/h3,5-6,9-10,14-15,17-18H,2,4,7-8,11-12H2,1H3. The van der Waals surface area contributed by atoms with Crippen molar-refractivity contribution in [2.75, 3.05) is 0 Å². The Labute approximate surface area is 116 Å². The number of thiol groups is 1. The van der Waals surface area contributed by atoms with Crippen LogP contribution in [0.1, 0.15) is 51.0 Å². The first-order chi connectivity index (χ1) is 8.69. The topological polar surface area (TPSA) is 20.2 Å². The van der Waals surface area contributed by atoms with E-state index in [4.69, 9.17) is 0 Å². The van der Waals surface area contributed by atoms with Gasteiger partial charge >= 0.3 is 0 Å². The smallest absolute Gasteiger partial charge is 0.104 e. The third-order valence-electron chi connectivity index (χ3n) is 4.36. The largest absolute Gasteiger partial charge is 0.384 e. The normalized spacial score (nSPS) is 22.4. The molecule has 0 amide bonds. The fourth-order valence-electron chi connectivity index (χ4n) is 3.26. The molecule has 1 fully saturated rings. The molecule has 0 radical (unpaired) electrons. The minimum Gasteiger partial charge on any atom is -0.384 e. The van der Waals surface area contributed by atoms with Gasteiger partial charge in [-0.1, -0.05) is 56.5 Å². The highest BCUT2D eigenvalue weighted by Crippen LogP contribution is 2.44. The Morgan fingerprint density at radius 3 is 2.39 bits per heavy atom. The average Bonchev–Trinajstić information content (AvgIpc) is 2.47. The molecule has 2 atom stereocenters. The summed E-state index contributed by atoms with van der Waals surface area (Å²) < 4.78 is 0. The quantitative estimate of drug-likeness (QED) is 0.782. The summed E-state index contributed by atoms with van der Waals surface area (Å²) in [5.41, 5.74) is 0.276. The van der Waals surface area contributed by atoms with Crippen LogP contribution in [0.25, 0.3) is 0 Å². The lowest BCUT2D eigenvalue weighted by Gasteiger charge is -2.42. The summed E-state index contributed by atoms with van der Waals surface area (Å²) in [5.74, 6) is 0.358. The Morgan fingerprint density at radius 2 is 1.83 bits per heavy atom. The van der Waals surface area contributed by atoms with Gasteiger partial charge in [-0.15, -0.1) is 0 Å². The van der Waals surface area contributed by atoms with Gasteiger partial charge in [-0.25, -0.2) is 0 Å². The van der Waals surface area contributed by atoms with E-state index in [1.807, 2.05) is 30.3 Å². The zero-order valence-electron chi connectivity index (χ0n) is 11.2. The summed E-state index contributed by atoms with van der Waals surface area (Å²) in [7, 11) is 0. The van der Waals surface area contributed by atoms with Crippen LogP contribution in [-0.2, 0) is 5.60 Å². The van der Waals surface area contributed by atoms with Crippen molar-refractivity contribution in [2.45, 2.75) is 56.3 Å². The van der Waals surface area contributed by atoms with E-state index in [0.29, 0.717) is 5.92 Å². The zero-order chi connectivity index (χ0) is 13.0. The lowest BCUT2D eigenvalue weighted by Crippen LogP contribution is -2.44.